The molecule has 3 rings (SSSR count). The molecule has 1 heterocycles. The second-order valence-corrected chi connectivity index (χ2v) is 7.60. The van der Waals surface area contributed by atoms with Crippen LogP contribution < -0.4 is 10.6 Å². The zero-order chi connectivity index (χ0) is 17.7. The van der Waals surface area contributed by atoms with E-state index in [9.17, 15) is 9.59 Å². The van der Waals surface area contributed by atoms with Crippen molar-refractivity contribution >= 4 is 28.8 Å². The predicted molar refractivity (Wildman–Crippen MR) is 102 cm³/mol. The Morgan fingerprint density at radius 2 is 1.80 bits per heavy atom. The van der Waals surface area contributed by atoms with Crippen LogP contribution in [0.25, 0.3) is 0 Å². The summed E-state index contributed by atoms with van der Waals surface area (Å²) in [6.45, 7) is 2.60. The van der Waals surface area contributed by atoms with Crippen LogP contribution in [0.15, 0.2) is 41.8 Å². The molecule has 0 radical (unpaired) electrons. The number of carbonyl (C=O) groups is 2. The van der Waals surface area contributed by atoms with Crippen LogP contribution in [-0.2, 0) is 21.4 Å². The zero-order valence-electron chi connectivity index (χ0n) is 14.5. The van der Waals surface area contributed by atoms with E-state index in [1.54, 1.807) is 11.3 Å². The Morgan fingerprint density at radius 1 is 1.08 bits per heavy atom. The summed E-state index contributed by atoms with van der Waals surface area (Å²) < 4.78 is 0. The lowest BCUT2D eigenvalue weighted by molar-refractivity contribution is -0.136. The molecular weight excluding hydrogens is 332 g/mol. The molecule has 1 aromatic carbocycles. The van der Waals surface area contributed by atoms with Crippen LogP contribution in [0, 0.1) is 0 Å². The fourth-order valence-corrected chi connectivity index (χ4v) is 4.47. The molecule has 0 atom stereocenters. The van der Waals surface area contributed by atoms with Crippen molar-refractivity contribution in [3.05, 3.63) is 52.2 Å². The van der Waals surface area contributed by atoms with E-state index in [2.05, 4.69) is 35.1 Å². The minimum Gasteiger partial charge on any atom is -0.347 e. The first-order valence-electron chi connectivity index (χ1n) is 8.85. The molecule has 1 aliphatic rings. The number of amides is 2. The maximum absolute atomic E-state index is 12.2. The Bertz CT molecular complexity index is 717. The highest BCUT2D eigenvalue weighted by molar-refractivity contribution is 7.10. The Balaban J connectivity index is 1.58. The summed E-state index contributed by atoms with van der Waals surface area (Å²) in [4.78, 5) is 25.7. The van der Waals surface area contributed by atoms with Gasteiger partial charge in [0.2, 0.25) is 0 Å². The third-order valence-electron chi connectivity index (χ3n) is 5.02. The van der Waals surface area contributed by atoms with Crippen molar-refractivity contribution in [2.24, 2.45) is 0 Å². The van der Waals surface area contributed by atoms with Crippen LogP contribution in [-0.4, -0.2) is 18.4 Å². The van der Waals surface area contributed by atoms with Gasteiger partial charge in [0, 0.05) is 22.5 Å². The van der Waals surface area contributed by atoms with Gasteiger partial charge in [-0.05, 0) is 48.4 Å². The van der Waals surface area contributed by atoms with E-state index >= 15 is 0 Å². The topological polar surface area (TPSA) is 58.2 Å². The van der Waals surface area contributed by atoms with Gasteiger partial charge in [-0.3, -0.25) is 9.59 Å². The van der Waals surface area contributed by atoms with Gasteiger partial charge in [-0.1, -0.05) is 38.0 Å². The minimum absolute atomic E-state index is 0.00706. The molecule has 2 amide bonds. The molecular formula is C20H24N2O2S. The number of thiophene rings is 1. The standard InChI is InChI=1S/C20H24N2O2S/c1-2-15-7-9-16(10-8-15)22-19(24)18(23)21-14-20(11-3-4-12-20)17-6-5-13-25-17/h5-10,13H,2-4,11-12,14H2,1H3,(H,21,23)(H,22,24). The Hall–Kier alpha value is -2.14. The van der Waals surface area contributed by atoms with Crippen LogP contribution in [0.1, 0.15) is 43.0 Å². The number of aryl methyl sites for hydroxylation is 1. The quantitative estimate of drug-likeness (QED) is 0.799. The normalized spacial score (nSPS) is 15.7. The molecule has 4 nitrogen and oxygen atoms in total. The fourth-order valence-electron chi connectivity index (χ4n) is 3.48. The first-order chi connectivity index (χ1) is 12.1. The van der Waals surface area contributed by atoms with Gasteiger partial charge < -0.3 is 10.6 Å². The van der Waals surface area contributed by atoms with Crippen LogP contribution in [0.4, 0.5) is 5.69 Å². The van der Waals surface area contributed by atoms with Gasteiger partial charge in [0.05, 0.1) is 0 Å². The molecule has 2 aromatic rings. The molecule has 132 valence electrons. The van der Waals surface area contributed by atoms with E-state index in [1.807, 2.05) is 24.3 Å². The van der Waals surface area contributed by atoms with Crippen molar-refractivity contribution in [1.29, 1.82) is 0 Å². The molecule has 0 spiro atoms. The molecule has 1 aliphatic carbocycles. The average molecular weight is 356 g/mol. The average Bonchev–Trinajstić information content (AvgIpc) is 3.32. The van der Waals surface area contributed by atoms with Gasteiger partial charge in [-0.15, -0.1) is 11.3 Å². The van der Waals surface area contributed by atoms with Crippen molar-refractivity contribution < 1.29 is 9.59 Å². The highest BCUT2D eigenvalue weighted by atomic mass is 32.1. The van der Waals surface area contributed by atoms with E-state index in [1.165, 1.54) is 23.3 Å². The number of carbonyl (C=O) groups excluding carboxylic acids is 2. The number of hydrogen-bond acceptors (Lipinski definition) is 3. The monoisotopic (exact) mass is 356 g/mol. The van der Waals surface area contributed by atoms with Crippen molar-refractivity contribution in [2.75, 3.05) is 11.9 Å². The first-order valence-corrected chi connectivity index (χ1v) is 9.73. The molecule has 1 aromatic heterocycles. The van der Waals surface area contributed by atoms with Crippen molar-refractivity contribution in [3.63, 3.8) is 0 Å². The summed E-state index contributed by atoms with van der Waals surface area (Å²) in [7, 11) is 0. The van der Waals surface area contributed by atoms with Gasteiger partial charge in [-0.25, -0.2) is 0 Å². The molecule has 25 heavy (non-hydrogen) atoms. The number of anilines is 1. The molecule has 1 saturated carbocycles. The first kappa shape index (κ1) is 17.7. The minimum atomic E-state index is -0.608. The number of rotatable bonds is 5. The highest BCUT2D eigenvalue weighted by Gasteiger charge is 2.37. The number of hydrogen-bond donors (Lipinski definition) is 2. The smallest absolute Gasteiger partial charge is 0.313 e. The molecule has 0 unspecified atom stereocenters. The summed E-state index contributed by atoms with van der Waals surface area (Å²) in [6, 6.07) is 11.8. The van der Waals surface area contributed by atoms with Gasteiger partial charge in [0.15, 0.2) is 0 Å². The second kappa shape index (κ2) is 7.83. The predicted octanol–water partition coefficient (Wildman–Crippen LogP) is 3.88. The lowest BCUT2D eigenvalue weighted by Gasteiger charge is -2.28. The van der Waals surface area contributed by atoms with Crippen LogP contribution in [0.5, 0.6) is 0 Å². The molecule has 2 N–H and O–H groups in total. The van der Waals surface area contributed by atoms with E-state index in [0.29, 0.717) is 12.2 Å². The van der Waals surface area contributed by atoms with Gasteiger partial charge in [-0.2, -0.15) is 0 Å². The summed E-state index contributed by atoms with van der Waals surface area (Å²) in [5.74, 6) is -1.18. The zero-order valence-corrected chi connectivity index (χ0v) is 15.3. The molecule has 0 bridgehead atoms. The van der Waals surface area contributed by atoms with E-state index in [0.717, 1.165) is 19.3 Å². The van der Waals surface area contributed by atoms with Gasteiger partial charge >= 0.3 is 11.8 Å². The largest absolute Gasteiger partial charge is 0.347 e. The molecule has 0 aliphatic heterocycles. The highest BCUT2D eigenvalue weighted by Crippen LogP contribution is 2.42. The van der Waals surface area contributed by atoms with Crippen LogP contribution in [0.2, 0.25) is 0 Å². The summed E-state index contributed by atoms with van der Waals surface area (Å²) in [5, 5.41) is 7.59. The Morgan fingerprint density at radius 3 is 2.40 bits per heavy atom. The third-order valence-corrected chi connectivity index (χ3v) is 6.13. The molecule has 1 fully saturated rings. The van der Waals surface area contributed by atoms with Crippen LogP contribution in [0.3, 0.4) is 0 Å². The Labute approximate surface area is 152 Å². The van der Waals surface area contributed by atoms with Crippen molar-refractivity contribution in [1.82, 2.24) is 5.32 Å². The fraction of sp³-hybridized carbons (Fsp3) is 0.400. The number of benzene rings is 1. The summed E-state index contributed by atoms with van der Waals surface area (Å²) in [5.41, 5.74) is 1.83. The maximum Gasteiger partial charge on any atom is 0.313 e. The lowest BCUT2D eigenvalue weighted by atomic mass is 9.84. The van der Waals surface area contributed by atoms with Crippen molar-refractivity contribution in [2.45, 2.75) is 44.4 Å². The third kappa shape index (κ3) is 4.10. The lowest BCUT2D eigenvalue weighted by Crippen LogP contribution is -2.43. The molecule has 0 saturated heterocycles. The number of nitrogens with one attached hydrogen (secondary N) is 2. The van der Waals surface area contributed by atoms with Gasteiger partial charge in [0.25, 0.3) is 0 Å². The van der Waals surface area contributed by atoms with E-state index < -0.39 is 11.8 Å². The van der Waals surface area contributed by atoms with Gasteiger partial charge in [0.1, 0.15) is 0 Å². The van der Waals surface area contributed by atoms with Crippen LogP contribution >= 0.6 is 11.3 Å². The SMILES string of the molecule is CCc1ccc(NC(=O)C(=O)NCC2(c3cccs3)CCCC2)cc1. The summed E-state index contributed by atoms with van der Waals surface area (Å²) >= 11 is 1.73. The van der Waals surface area contributed by atoms with E-state index in [-0.39, 0.29) is 5.41 Å². The van der Waals surface area contributed by atoms with E-state index in [4.69, 9.17) is 0 Å². The summed E-state index contributed by atoms with van der Waals surface area (Å²) in [6.07, 6.45) is 5.41. The molecule has 5 heteroatoms. The Kier molecular flexibility index (Phi) is 5.53. The van der Waals surface area contributed by atoms with Crippen molar-refractivity contribution in [3.8, 4) is 0 Å². The maximum atomic E-state index is 12.2. The second-order valence-electron chi connectivity index (χ2n) is 6.65.